The van der Waals surface area contributed by atoms with Crippen molar-refractivity contribution < 1.29 is 14.8 Å². The number of nitro groups is 1. The van der Waals surface area contributed by atoms with Gasteiger partial charge in [-0.1, -0.05) is 12.1 Å². The Morgan fingerprint density at radius 1 is 1.60 bits per heavy atom. The van der Waals surface area contributed by atoms with Gasteiger partial charge in [0, 0.05) is 12.6 Å². The summed E-state index contributed by atoms with van der Waals surface area (Å²) in [4.78, 5) is 20.8. The fourth-order valence-corrected chi connectivity index (χ4v) is 1.32. The van der Waals surface area contributed by atoms with E-state index in [0.717, 1.165) is 0 Å². The van der Waals surface area contributed by atoms with Crippen LogP contribution in [-0.4, -0.2) is 23.0 Å². The van der Waals surface area contributed by atoms with E-state index in [1.165, 1.54) is 12.1 Å². The first-order chi connectivity index (χ1) is 7.07. The van der Waals surface area contributed by atoms with E-state index < -0.39 is 10.9 Å². The van der Waals surface area contributed by atoms with Crippen LogP contribution >= 0.6 is 0 Å². The van der Waals surface area contributed by atoms with Crippen LogP contribution in [-0.2, 0) is 6.54 Å². The highest BCUT2D eigenvalue weighted by Crippen LogP contribution is 2.22. The van der Waals surface area contributed by atoms with E-state index in [1.807, 2.05) is 0 Å². The SMILES string of the molecule is CNCc1cccc([N+](=O)[O-])c1C(=O)O. The molecule has 0 atom stereocenters. The number of carboxylic acids is 1. The number of benzene rings is 1. The number of nitro benzene ring substituents is 1. The molecule has 0 unspecified atom stereocenters. The summed E-state index contributed by atoms with van der Waals surface area (Å²) in [7, 11) is 1.64. The topological polar surface area (TPSA) is 92.5 Å². The smallest absolute Gasteiger partial charge is 0.343 e. The monoisotopic (exact) mass is 210 g/mol. The number of hydrogen-bond donors (Lipinski definition) is 2. The molecule has 0 fully saturated rings. The van der Waals surface area contributed by atoms with Crippen molar-refractivity contribution in [2.24, 2.45) is 0 Å². The fraction of sp³-hybridized carbons (Fsp3) is 0.222. The first-order valence-corrected chi connectivity index (χ1v) is 4.22. The maximum absolute atomic E-state index is 10.9. The van der Waals surface area contributed by atoms with Crippen LogP contribution in [0.25, 0.3) is 0 Å². The minimum atomic E-state index is -1.28. The zero-order valence-corrected chi connectivity index (χ0v) is 8.06. The van der Waals surface area contributed by atoms with Gasteiger partial charge in [-0.3, -0.25) is 10.1 Å². The first kappa shape index (κ1) is 11.1. The summed E-state index contributed by atoms with van der Waals surface area (Å²) in [6.07, 6.45) is 0. The van der Waals surface area contributed by atoms with Crippen LogP contribution in [0.4, 0.5) is 5.69 Å². The molecule has 0 aliphatic carbocycles. The number of hydrogen-bond acceptors (Lipinski definition) is 4. The summed E-state index contributed by atoms with van der Waals surface area (Å²) in [5.74, 6) is -1.28. The number of rotatable bonds is 4. The Bertz CT molecular complexity index is 403. The second-order valence-corrected chi connectivity index (χ2v) is 2.90. The van der Waals surface area contributed by atoms with Gasteiger partial charge in [-0.25, -0.2) is 4.79 Å². The van der Waals surface area contributed by atoms with E-state index in [-0.39, 0.29) is 17.8 Å². The zero-order valence-electron chi connectivity index (χ0n) is 8.06. The first-order valence-electron chi connectivity index (χ1n) is 4.22. The lowest BCUT2D eigenvalue weighted by atomic mass is 10.1. The molecule has 80 valence electrons. The van der Waals surface area contributed by atoms with Gasteiger partial charge in [0.15, 0.2) is 0 Å². The standard InChI is InChI=1S/C9H10N2O4/c1-10-5-6-3-2-4-7(11(14)15)8(6)9(12)13/h2-4,10H,5H2,1H3,(H,12,13). The van der Waals surface area contributed by atoms with Gasteiger partial charge in [0.1, 0.15) is 5.56 Å². The van der Waals surface area contributed by atoms with Crippen molar-refractivity contribution >= 4 is 11.7 Å². The van der Waals surface area contributed by atoms with Crippen molar-refractivity contribution in [3.8, 4) is 0 Å². The Kier molecular flexibility index (Phi) is 3.35. The second-order valence-electron chi connectivity index (χ2n) is 2.90. The molecule has 0 aliphatic heterocycles. The minimum absolute atomic E-state index is 0.253. The lowest BCUT2D eigenvalue weighted by molar-refractivity contribution is -0.385. The van der Waals surface area contributed by atoms with Crippen molar-refractivity contribution in [2.75, 3.05) is 7.05 Å². The minimum Gasteiger partial charge on any atom is -0.477 e. The van der Waals surface area contributed by atoms with Crippen molar-refractivity contribution in [1.82, 2.24) is 5.32 Å². The number of carboxylic acid groups (broad SMARTS) is 1. The van der Waals surface area contributed by atoms with E-state index in [1.54, 1.807) is 13.1 Å². The summed E-state index contributed by atoms with van der Waals surface area (Å²) in [6, 6.07) is 4.20. The molecule has 0 aliphatic rings. The molecule has 1 aromatic carbocycles. The normalized spacial score (nSPS) is 9.93. The Hall–Kier alpha value is -1.95. The Morgan fingerprint density at radius 2 is 2.27 bits per heavy atom. The number of nitrogens with one attached hydrogen (secondary N) is 1. The third-order valence-electron chi connectivity index (χ3n) is 1.91. The van der Waals surface area contributed by atoms with Crippen molar-refractivity contribution in [3.05, 3.63) is 39.4 Å². The summed E-state index contributed by atoms with van der Waals surface area (Å²) >= 11 is 0. The summed E-state index contributed by atoms with van der Waals surface area (Å²) in [6.45, 7) is 0.281. The van der Waals surface area contributed by atoms with Crippen LogP contribution in [0.1, 0.15) is 15.9 Å². The van der Waals surface area contributed by atoms with Gasteiger partial charge in [-0.2, -0.15) is 0 Å². The molecule has 0 amide bonds. The quantitative estimate of drug-likeness (QED) is 0.571. The molecule has 0 spiro atoms. The maximum atomic E-state index is 10.9. The highest BCUT2D eigenvalue weighted by atomic mass is 16.6. The highest BCUT2D eigenvalue weighted by molar-refractivity contribution is 5.94. The third-order valence-corrected chi connectivity index (χ3v) is 1.91. The molecule has 0 radical (unpaired) electrons. The molecule has 15 heavy (non-hydrogen) atoms. The number of carbonyl (C=O) groups is 1. The molecule has 6 nitrogen and oxygen atoms in total. The maximum Gasteiger partial charge on any atom is 0.343 e. The molecular formula is C9H10N2O4. The average Bonchev–Trinajstić information content (AvgIpc) is 2.17. The Morgan fingerprint density at radius 3 is 2.73 bits per heavy atom. The van der Waals surface area contributed by atoms with Crippen molar-refractivity contribution in [1.29, 1.82) is 0 Å². The van der Waals surface area contributed by atoms with Crippen LogP contribution in [0.5, 0.6) is 0 Å². The molecule has 2 N–H and O–H groups in total. The van der Waals surface area contributed by atoms with Gasteiger partial charge in [0.25, 0.3) is 5.69 Å². The van der Waals surface area contributed by atoms with E-state index in [2.05, 4.69) is 5.32 Å². The lowest BCUT2D eigenvalue weighted by Crippen LogP contribution is -2.12. The van der Waals surface area contributed by atoms with Gasteiger partial charge >= 0.3 is 5.97 Å². The van der Waals surface area contributed by atoms with E-state index in [9.17, 15) is 14.9 Å². The van der Waals surface area contributed by atoms with Gasteiger partial charge in [-0.05, 0) is 12.6 Å². The molecule has 0 saturated carbocycles. The third kappa shape index (κ3) is 2.29. The van der Waals surface area contributed by atoms with Crippen molar-refractivity contribution in [3.63, 3.8) is 0 Å². The number of aromatic carboxylic acids is 1. The largest absolute Gasteiger partial charge is 0.477 e. The van der Waals surface area contributed by atoms with Gasteiger partial charge in [0.05, 0.1) is 4.92 Å². The molecular weight excluding hydrogens is 200 g/mol. The van der Waals surface area contributed by atoms with Crippen LogP contribution in [0.15, 0.2) is 18.2 Å². The Labute approximate surface area is 85.7 Å². The van der Waals surface area contributed by atoms with Crippen LogP contribution < -0.4 is 5.32 Å². The molecule has 1 rings (SSSR count). The van der Waals surface area contributed by atoms with E-state index >= 15 is 0 Å². The second kappa shape index (κ2) is 4.52. The number of nitrogens with zero attached hydrogens (tertiary/aromatic N) is 1. The molecule has 0 saturated heterocycles. The molecule has 1 aromatic rings. The predicted octanol–water partition coefficient (Wildman–Crippen LogP) is 1.01. The van der Waals surface area contributed by atoms with E-state index in [0.29, 0.717) is 5.56 Å². The van der Waals surface area contributed by atoms with Crippen LogP contribution in [0.2, 0.25) is 0 Å². The fourth-order valence-electron chi connectivity index (χ4n) is 1.32. The molecule has 0 bridgehead atoms. The highest BCUT2D eigenvalue weighted by Gasteiger charge is 2.22. The van der Waals surface area contributed by atoms with Crippen LogP contribution in [0, 0.1) is 10.1 Å². The summed E-state index contributed by atoms with van der Waals surface area (Å²) < 4.78 is 0. The van der Waals surface area contributed by atoms with Crippen LogP contribution in [0.3, 0.4) is 0 Å². The zero-order chi connectivity index (χ0) is 11.4. The molecule has 6 heteroatoms. The van der Waals surface area contributed by atoms with Gasteiger partial charge in [-0.15, -0.1) is 0 Å². The summed E-state index contributed by atoms with van der Waals surface area (Å²) in [5.41, 5.74) is -0.230. The van der Waals surface area contributed by atoms with Crippen molar-refractivity contribution in [2.45, 2.75) is 6.54 Å². The van der Waals surface area contributed by atoms with Gasteiger partial charge in [0.2, 0.25) is 0 Å². The lowest BCUT2D eigenvalue weighted by Gasteiger charge is -2.05. The molecule has 0 aromatic heterocycles. The molecule has 0 heterocycles. The average molecular weight is 210 g/mol. The Balaban J connectivity index is 3.34. The predicted molar refractivity (Wildman–Crippen MR) is 52.8 cm³/mol. The van der Waals surface area contributed by atoms with E-state index in [4.69, 9.17) is 5.11 Å². The summed E-state index contributed by atoms with van der Waals surface area (Å²) in [5, 5.41) is 22.3. The van der Waals surface area contributed by atoms with Gasteiger partial charge < -0.3 is 10.4 Å².